The molecule has 0 saturated carbocycles. The second-order valence-electron chi connectivity index (χ2n) is 7.08. The molecule has 7 heteroatoms. The van der Waals surface area contributed by atoms with Crippen LogP contribution >= 0.6 is 0 Å². The first-order valence-corrected chi connectivity index (χ1v) is 9.84. The summed E-state index contributed by atoms with van der Waals surface area (Å²) in [5.74, 6) is 0.534. The molecular weight excluding hydrogens is 352 g/mol. The highest BCUT2D eigenvalue weighted by Gasteiger charge is 2.29. The Balaban J connectivity index is 2.20. The molecule has 3 rings (SSSR count). The van der Waals surface area contributed by atoms with Crippen molar-refractivity contribution < 1.29 is 13.2 Å². The lowest BCUT2D eigenvalue weighted by Gasteiger charge is -2.31. The number of hydrogen-bond acceptors (Lipinski definition) is 4. The fourth-order valence-corrected chi connectivity index (χ4v) is 4.17. The maximum absolute atomic E-state index is 12.5. The van der Waals surface area contributed by atoms with Gasteiger partial charge in [0.1, 0.15) is 11.4 Å². The van der Waals surface area contributed by atoms with E-state index in [2.05, 4.69) is 4.72 Å². The second-order valence-corrected chi connectivity index (χ2v) is 8.79. The third kappa shape index (κ3) is 3.59. The molecule has 0 fully saturated rings. The first-order valence-electron chi connectivity index (χ1n) is 8.36. The van der Waals surface area contributed by atoms with Crippen LogP contribution in [0.4, 0.5) is 0 Å². The minimum atomic E-state index is -3.66. The molecule has 1 aromatic heterocycles. The Bertz CT molecular complexity index is 1030. The molecule has 0 spiro atoms. The van der Waals surface area contributed by atoms with Gasteiger partial charge in [-0.1, -0.05) is 6.07 Å². The van der Waals surface area contributed by atoms with Gasteiger partial charge < -0.3 is 4.74 Å². The molecule has 138 valence electrons. The van der Waals surface area contributed by atoms with E-state index < -0.39 is 15.6 Å². The predicted molar refractivity (Wildman–Crippen MR) is 101 cm³/mol. The lowest BCUT2D eigenvalue weighted by atomic mass is 9.99. The lowest BCUT2D eigenvalue weighted by Crippen LogP contribution is -2.33. The van der Waals surface area contributed by atoms with Crippen LogP contribution in [-0.4, -0.2) is 24.6 Å². The monoisotopic (exact) mass is 374 g/mol. The van der Waals surface area contributed by atoms with Gasteiger partial charge in [-0.15, -0.1) is 0 Å². The number of rotatable bonds is 4. The maximum atomic E-state index is 12.5. The Hall–Kier alpha value is -2.38. The third-order valence-electron chi connectivity index (χ3n) is 3.87. The summed E-state index contributed by atoms with van der Waals surface area (Å²) >= 11 is 0. The van der Waals surface area contributed by atoms with Crippen molar-refractivity contribution in [2.45, 2.75) is 44.2 Å². The van der Waals surface area contributed by atoms with E-state index in [0.29, 0.717) is 17.0 Å². The van der Waals surface area contributed by atoms with Crippen molar-refractivity contribution in [2.75, 3.05) is 0 Å². The average Bonchev–Trinajstić information content (AvgIpc) is 2.52. The minimum Gasteiger partial charge on any atom is -0.483 e. The van der Waals surface area contributed by atoms with Gasteiger partial charge in [0, 0.05) is 23.9 Å². The van der Waals surface area contributed by atoms with E-state index in [0.717, 1.165) is 0 Å². The van der Waals surface area contributed by atoms with E-state index in [1.54, 1.807) is 44.3 Å². The van der Waals surface area contributed by atoms with E-state index in [1.807, 2.05) is 19.9 Å². The summed E-state index contributed by atoms with van der Waals surface area (Å²) in [7, 11) is -3.66. The molecule has 26 heavy (non-hydrogen) atoms. The molecule has 0 radical (unpaired) electrons. The summed E-state index contributed by atoms with van der Waals surface area (Å²) in [5, 5.41) is 0. The molecule has 6 nitrogen and oxygen atoms in total. The summed E-state index contributed by atoms with van der Waals surface area (Å²) in [6, 6.07) is 9.34. The molecule has 1 N–H and O–H groups in total. The SMILES string of the molecule is CC(C)NS(=O)(=O)c1ccc2c(c1)C(n1ccccc1=O)=CC(C)(C)O2. The number of aromatic nitrogens is 1. The van der Waals surface area contributed by atoms with Gasteiger partial charge in [0.05, 0.1) is 10.6 Å². The van der Waals surface area contributed by atoms with Gasteiger partial charge in [-0.3, -0.25) is 9.36 Å². The van der Waals surface area contributed by atoms with Gasteiger partial charge in [-0.25, -0.2) is 13.1 Å². The first kappa shape index (κ1) is 18.4. The van der Waals surface area contributed by atoms with Crippen molar-refractivity contribution in [1.82, 2.24) is 9.29 Å². The van der Waals surface area contributed by atoms with Crippen LogP contribution in [-0.2, 0) is 10.0 Å². The van der Waals surface area contributed by atoms with Crippen molar-refractivity contribution in [2.24, 2.45) is 0 Å². The van der Waals surface area contributed by atoms with Gasteiger partial charge in [0.15, 0.2) is 0 Å². The van der Waals surface area contributed by atoms with E-state index >= 15 is 0 Å². The van der Waals surface area contributed by atoms with Crippen molar-refractivity contribution in [3.8, 4) is 5.75 Å². The Morgan fingerprint density at radius 3 is 2.54 bits per heavy atom. The van der Waals surface area contributed by atoms with E-state index in [-0.39, 0.29) is 16.5 Å². The highest BCUT2D eigenvalue weighted by Crippen LogP contribution is 2.37. The normalized spacial score (nSPS) is 16.0. The lowest BCUT2D eigenvalue weighted by molar-refractivity contribution is 0.157. The molecule has 0 atom stereocenters. The van der Waals surface area contributed by atoms with Crippen LogP contribution in [0.1, 0.15) is 33.3 Å². The number of benzene rings is 1. The van der Waals surface area contributed by atoms with Crippen LogP contribution in [0.3, 0.4) is 0 Å². The molecule has 0 amide bonds. The van der Waals surface area contributed by atoms with Gasteiger partial charge in [-0.05, 0) is 58.0 Å². The molecule has 1 aliphatic rings. The Labute approximate surface area is 153 Å². The molecule has 0 unspecified atom stereocenters. The largest absolute Gasteiger partial charge is 0.483 e. The summed E-state index contributed by atoms with van der Waals surface area (Å²) in [5.41, 5.74) is 0.331. The van der Waals surface area contributed by atoms with Crippen molar-refractivity contribution in [3.63, 3.8) is 0 Å². The van der Waals surface area contributed by atoms with E-state index in [4.69, 9.17) is 4.74 Å². The van der Waals surface area contributed by atoms with Gasteiger partial charge >= 0.3 is 0 Å². The van der Waals surface area contributed by atoms with Crippen LogP contribution < -0.4 is 15.0 Å². The van der Waals surface area contributed by atoms with Crippen molar-refractivity contribution in [3.05, 3.63) is 64.6 Å². The topological polar surface area (TPSA) is 77.4 Å². The zero-order valence-corrected chi connectivity index (χ0v) is 16.0. The number of fused-ring (bicyclic) bond motifs is 1. The summed E-state index contributed by atoms with van der Waals surface area (Å²) < 4.78 is 35.1. The third-order valence-corrected chi connectivity index (χ3v) is 5.52. The smallest absolute Gasteiger partial charge is 0.255 e. The fourth-order valence-electron chi connectivity index (χ4n) is 2.89. The summed E-state index contributed by atoms with van der Waals surface area (Å²) in [6.45, 7) is 7.29. The van der Waals surface area contributed by atoms with Crippen molar-refractivity contribution >= 4 is 15.7 Å². The number of pyridine rings is 1. The number of nitrogens with one attached hydrogen (secondary N) is 1. The zero-order chi connectivity index (χ0) is 19.1. The van der Waals surface area contributed by atoms with Crippen LogP contribution in [0.2, 0.25) is 0 Å². The Morgan fingerprint density at radius 1 is 1.15 bits per heavy atom. The van der Waals surface area contributed by atoms with Crippen LogP contribution in [0.15, 0.2) is 58.4 Å². The van der Waals surface area contributed by atoms with Crippen LogP contribution in [0, 0.1) is 0 Å². The molecule has 2 heterocycles. The number of sulfonamides is 1. The average molecular weight is 374 g/mol. The zero-order valence-electron chi connectivity index (χ0n) is 15.2. The molecule has 1 aliphatic heterocycles. The predicted octanol–water partition coefficient (Wildman–Crippen LogP) is 2.60. The fraction of sp³-hybridized carbons (Fsp3) is 0.316. The standard InChI is InChI=1S/C19H22N2O4S/c1-13(2)20-26(23,24)14-8-9-17-15(11-14)16(12-19(3,4)25-17)21-10-6-5-7-18(21)22/h5-13,20H,1-4H3. The minimum absolute atomic E-state index is 0.128. The maximum Gasteiger partial charge on any atom is 0.255 e. The molecular formula is C19H22N2O4S. The van der Waals surface area contributed by atoms with E-state index in [9.17, 15) is 13.2 Å². The highest BCUT2D eigenvalue weighted by molar-refractivity contribution is 7.89. The summed E-state index contributed by atoms with van der Waals surface area (Å²) in [6.07, 6.45) is 3.48. The second kappa shape index (κ2) is 6.41. The van der Waals surface area contributed by atoms with Crippen LogP contribution in [0.5, 0.6) is 5.75 Å². The number of hydrogen-bond donors (Lipinski definition) is 1. The number of ether oxygens (including phenoxy) is 1. The quantitative estimate of drug-likeness (QED) is 0.892. The Kier molecular flexibility index (Phi) is 4.54. The molecule has 2 aromatic rings. The van der Waals surface area contributed by atoms with Gasteiger partial charge in [0.2, 0.25) is 10.0 Å². The first-order chi connectivity index (χ1) is 12.1. The van der Waals surface area contributed by atoms with E-state index in [1.165, 1.54) is 16.7 Å². The molecule has 0 aliphatic carbocycles. The Morgan fingerprint density at radius 2 is 1.88 bits per heavy atom. The molecule has 0 bridgehead atoms. The van der Waals surface area contributed by atoms with Gasteiger partial charge in [-0.2, -0.15) is 0 Å². The van der Waals surface area contributed by atoms with Crippen molar-refractivity contribution in [1.29, 1.82) is 0 Å². The number of nitrogens with zero attached hydrogens (tertiary/aromatic N) is 1. The van der Waals surface area contributed by atoms with Crippen LogP contribution in [0.25, 0.3) is 5.70 Å². The molecule has 1 aromatic carbocycles. The molecule has 0 saturated heterocycles. The highest BCUT2D eigenvalue weighted by atomic mass is 32.2. The van der Waals surface area contributed by atoms with Gasteiger partial charge in [0.25, 0.3) is 5.56 Å². The summed E-state index contributed by atoms with van der Waals surface area (Å²) in [4.78, 5) is 12.4.